The minimum absolute atomic E-state index is 0.0587. The molecule has 0 saturated carbocycles. The van der Waals surface area contributed by atoms with E-state index in [9.17, 15) is 9.59 Å². The van der Waals surface area contributed by atoms with Crippen molar-refractivity contribution >= 4 is 35.0 Å². The van der Waals surface area contributed by atoms with Gasteiger partial charge in [-0.3, -0.25) is 9.59 Å². The second-order valence-corrected chi connectivity index (χ2v) is 10.1. The van der Waals surface area contributed by atoms with Gasteiger partial charge in [0.25, 0.3) is 0 Å². The molecule has 0 aliphatic rings. The number of nitrogens with one attached hydrogen (secondary N) is 1. The number of nitrogens with zero attached hydrogens (tertiary/aromatic N) is 1. The van der Waals surface area contributed by atoms with E-state index in [4.69, 9.17) is 23.2 Å². The number of aryl methyl sites for hydroxylation is 2. The Kier molecular flexibility index (Phi) is 9.36. The van der Waals surface area contributed by atoms with E-state index >= 15 is 0 Å². The Morgan fingerprint density at radius 1 is 0.886 bits per heavy atom. The lowest BCUT2D eigenvalue weighted by atomic mass is 10.00. The maximum atomic E-state index is 13.8. The van der Waals surface area contributed by atoms with E-state index in [0.717, 1.165) is 22.3 Å². The summed E-state index contributed by atoms with van der Waals surface area (Å²) in [5.41, 5.74) is 4.92. The van der Waals surface area contributed by atoms with Crippen LogP contribution in [0.15, 0.2) is 66.7 Å². The Hall–Kier alpha value is -2.82. The number of carbonyl (C=O) groups excluding carboxylic acids is 2. The predicted octanol–water partition coefficient (Wildman–Crippen LogP) is 6.32. The molecule has 0 aliphatic heterocycles. The van der Waals surface area contributed by atoms with Crippen molar-refractivity contribution in [1.82, 2.24) is 10.2 Å². The summed E-state index contributed by atoms with van der Waals surface area (Å²) in [4.78, 5) is 28.9. The van der Waals surface area contributed by atoms with Gasteiger partial charge in [0.15, 0.2) is 0 Å². The molecular weight excluding hydrogens is 479 g/mol. The Morgan fingerprint density at radius 3 is 2.23 bits per heavy atom. The molecule has 0 aromatic heterocycles. The lowest BCUT2D eigenvalue weighted by Gasteiger charge is -2.32. The topological polar surface area (TPSA) is 49.4 Å². The Balaban J connectivity index is 2.01. The van der Waals surface area contributed by atoms with Crippen LogP contribution in [0.5, 0.6) is 0 Å². The highest BCUT2D eigenvalue weighted by atomic mass is 35.5. The van der Waals surface area contributed by atoms with Gasteiger partial charge in [-0.1, -0.05) is 77.8 Å². The van der Waals surface area contributed by atoms with Gasteiger partial charge in [0.1, 0.15) is 6.04 Å². The molecule has 0 bridgehead atoms. The first-order valence-electron chi connectivity index (χ1n) is 11.8. The lowest BCUT2D eigenvalue weighted by molar-refractivity contribution is -0.141. The third kappa shape index (κ3) is 7.58. The molecule has 3 rings (SSSR count). The first kappa shape index (κ1) is 26.8. The van der Waals surface area contributed by atoms with Crippen LogP contribution < -0.4 is 5.32 Å². The van der Waals surface area contributed by atoms with Gasteiger partial charge in [0, 0.05) is 29.1 Å². The monoisotopic (exact) mass is 510 g/mol. The molecule has 3 aromatic rings. The molecule has 4 nitrogen and oxygen atoms in total. The third-order valence-corrected chi connectivity index (χ3v) is 6.57. The van der Waals surface area contributed by atoms with Gasteiger partial charge in [-0.25, -0.2) is 0 Å². The molecule has 6 heteroatoms. The van der Waals surface area contributed by atoms with E-state index in [1.54, 1.807) is 23.1 Å². The lowest BCUT2D eigenvalue weighted by Crippen LogP contribution is -2.52. The largest absolute Gasteiger partial charge is 0.352 e. The maximum Gasteiger partial charge on any atom is 0.243 e. The molecule has 0 spiro atoms. The zero-order valence-corrected chi connectivity index (χ0v) is 22.2. The molecule has 1 N–H and O–H groups in total. The highest BCUT2D eigenvalue weighted by Crippen LogP contribution is 2.25. The van der Waals surface area contributed by atoms with Gasteiger partial charge in [-0.2, -0.15) is 0 Å². The first-order valence-corrected chi connectivity index (χ1v) is 12.5. The molecule has 0 aliphatic carbocycles. The van der Waals surface area contributed by atoms with Gasteiger partial charge < -0.3 is 10.2 Å². The van der Waals surface area contributed by atoms with Gasteiger partial charge in [-0.05, 0) is 67.6 Å². The van der Waals surface area contributed by atoms with Crippen LogP contribution in [0.2, 0.25) is 10.0 Å². The Morgan fingerprint density at radius 2 is 1.60 bits per heavy atom. The number of halogens is 2. The average Bonchev–Trinajstić information content (AvgIpc) is 2.80. The van der Waals surface area contributed by atoms with Crippen LogP contribution in [0.25, 0.3) is 0 Å². The van der Waals surface area contributed by atoms with Crippen LogP contribution in [0, 0.1) is 13.8 Å². The Bertz CT molecular complexity index is 1180. The molecule has 0 heterocycles. The van der Waals surface area contributed by atoms with E-state index in [2.05, 4.69) is 5.32 Å². The molecule has 0 radical (unpaired) electrons. The number of amides is 2. The molecule has 0 fully saturated rings. The van der Waals surface area contributed by atoms with Crippen molar-refractivity contribution in [2.75, 3.05) is 0 Å². The second kappa shape index (κ2) is 12.2. The zero-order valence-electron chi connectivity index (χ0n) is 20.6. The second-order valence-electron chi connectivity index (χ2n) is 9.22. The minimum atomic E-state index is -0.703. The zero-order chi connectivity index (χ0) is 25.5. The normalized spacial score (nSPS) is 11.9. The Labute approximate surface area is 218 Å². The smallest absolute Gasteiger partial charge is 0.243 e. The molecule has 1 unspecified atom stereocenters. The highest BCUT2D eigenvalue weighted by Gasteiger charge is 2.31. The molecule has 184 valence electrons. The highest BCUT2D eigenvalue weighted by molar-refractivity contribution is 6.35. The molecule has 1 atom stereocenters. The maximum absolute atomic E-state index is 13.8. The van der Waals surface area contributed by atoms with Gasteiger partial charge in [0.05, 0.1) is 6.42 Å². The van der Waals surface area contributed by atoms with Crippen molar-refractivity contribution in [2.24, 2.45) is 0 Å². The summed E-state index contributed by atoms with van der Waals surface area (Å²) < 4.78 is 0. The van der Waals surface area contributed by atoms with Crippen molar-refractivity contribution in [3.63, 3.8) is 0 Å². The number of hydrogen-bond acceptors (Lipinski definition) is 2. The summed E-state index contributed by atoms with van der Waals surface area (Å²) >= 11 is 12.6. The summed E-state index contributed by atoms with van der Waals surface area (Å²) in [5.74, 6) is -0.332. The van der Waals surface area contributed by atoms with Crippen LogP contribution >= 0.6 is 23.2 Å². The fourth-order valence-corrected chi connectivity index (χ4v) is 4.43. The first-order chi connectivity index (χ1) is 16.6. The predicted molar refractivity (Wildman–Crippen MR) is 144 cm³/mol. The van der Waals surface area contributed by atoms with Crippen molar-refractivity contribution < 1.29 is 9.59 Å². The summed E-state index contributed by atoms with van der Waals surface area (Å²) in [5, 5.41) is 3.98. The molecule has 35 heavy (non-hydrogen) atoms. The van der Waals surface area contributed by atoms with Crippen LogP contribution in [0.1, 0.15) is 41.7 Å². The van der Waals surface area contributed by atoms with Crippen LogP contribution in [-0.4, -0.2) is 28.8 Å². The van der Waals surface area contributed by atoms with E-state index in [1.165, 1.54) is 5.56 Å². The number of rotatable bonds is 9. The van der Waals surface area contributed by atoms with E-state index < -0.39 is 6.04 Å². The fraction of sp³-hybridized carbons (Fsp3) is 0.310. The van der Waals surface area contributed by atoms with E-state index in [1.807, 2.05) is 76.2 Å². The molecule has 3 aromatic carbocycles. The molecule has 2 amide bonds. The quantitative estimate of drug-likeness (QED) is 0.366. The number of hydrogen-bond donors (Lipinski definition) is 1. The van der Waals surface area contributed by atoms with Gasteiger partial charge in [-0.15, -0.1) is 0 Å². The summed E-state index contributed by atoms with van der Waals surface area (Å²) in [6.45, 7) is 8.09. The van der Waals surface area contributed by atoms with Gasteiger partial charge >= 0.3 is 0 Å². The average molecular weight is 511 g/mol. The third-order valence-electron chi connectivity index (χ3n) is 5.98. The van der Waals surface area contributed by atoms with Crippen LogP contribution in [-0.2, 0) is 29.0 Å². The van der Waals surface area contributed by atoms with Crippen molar-refractivity contribution in [1.29, 1.82) is 0 Å². The van der Waals surface area contributed by atoms with Crippen molar-refractivity contribution in [3.8, 4) is 0 Å². The van der Waals surface area contributed by atoms with Crippen molar-refractivity contribution in [3.05, 3.63) is 105 Å². The molecule has 0 saturated heterocycles. The van der Waals surface area contributed by atoms with E-state index in [-0.39, 0.29) is 30.8 Å². The number of carbonyl (C=O) groups is 2. The fourth-order valence-electron chi connectivity index (χ4n) is 3.96. The standard InChI is InChI=1S/C29H32Cl2N2O2/c1-19(2)32-29(35)27(15-22-8-6-5-7-9-22)33(18-24-12-13-25(30)17-26(24)31)28(34)16-23-11-10-20(3)21(4)14-23/h5-14,17,19,27H,15-16,18H2,1-4H3,(H,32,35). The van der Waals surface area contributed by atoms with Crippen LogP contribution in [0.3, 0.4) is 0 Å². The van der Waals surface area contributed by atoms with Gasteiger partial charge in [0.2, 0.25) is 11.8 Å². The summed E-state index contributed by atoms with van der Waals surface area (Å²) in [6, 6.07) is 20.2. The number of benzene rings is 3. The van der Waals surface area contributed by atoms with E-state index in [0.29, 0.717) is 16.5 Å². The summed E-state index contributed by atoms with van der Waals surface area (Å²) in [7, 11) is 0. The van der Waals surface area contributed by atoms with Crippen LogP contribution in [0.4, 0.5) is 0 Å². The SMILES string of the molecule is Cc1ccc(CC(=O)N(Cc2ccc(Cl)cc2Cl)C(Cc2ccccc2)C(=O)NC(C)C)cc1C. The van der Waals surface area contributed by atoms with Crippen molar-refractivity contribution in [2.45, 2.75) is 59.2 Å². The minimum Gasteiger partial charge on any atom is -0.352 e. The molecular formula is C29H32Cl2N2O2. The summed E-state index contributed by atoms with van der Waals surface area (Å²) in [6.07, 6.45) is 0.579.